The molecule has 1 saturated heterocycles. The molecule has 3 rings (SSSR count). The van der Waals surface area contributed by atoms with Gasteiger partial charge in [-0.15, -0.1) is 0 Å². The molecule has 5 heteroatoms. The van der Waals surface area contributed by atoms with Gasteiger partial charge in [0.1, 0.15) is 0 Å². The SMILES string of the molecule is Clc1cccc(Cc2noc(C3CNC3)n2)c1. The van der Waals surface area contributed by atoms with Crippen LogP contribution in [0.4, 0.5) is 0 Å². The van der Waals surface area contributed by atoms with Gasteiger partial charge in [-0.1, -0.05) is 28.9 Å². The molecule has 1 aliphatic heterocycles. The third-order valence-corrected chi connectivity index (χ3v) is 3.10. The van der Waals surface area contributed by atoms with Gasteiger partial charge in [-0.05, 0) is 17.7 Å². The molecule has 4 nitrogen and oxygen atoms in total. The molecular formula is C12H12ClN3O. The zero-order chi connectivity index (χ0) is 11.7. The van der Waals surface area contributed by atoms with E-state index in [0.29, 0.717) is 18.2 Å². The third kappa shape index (κ3) is 2.33. The topological polar surface area (TPSA) is 51.0 Å². The van der Waals surface area contributed by atoms with Crippen LogP contribution in [0, 0.1) is 0 Å². The maximum atomic E-state index is 5.93. The Balaban J connectivity index is 1.74. The summed E-state index contributed by atoms with van der Waals surface area (Å²) >= 11 is 5.93. The third-order valence-electron chi connectivity index (χ3n) is 2.87. The van der Waals surface area contributed by atoms with Gasteiger partial charge in [0.25, 0.3) is 0 Å². The second kappa shape index (κ2) is 4.47. The van der Waals surface area contributed by atoms with E-state index in [9.17, 15) is 0 Å². The minimum Gasteiger partial charge on any atom is -0.339 e. The van der Waals surface area contributed by atoms with E-state index in [1.807, 2.05) is 24.3 Å². The molecule has 1 aromatic carbocycles. The van der Waals surface area contributed by atoms with Gasteiger partial charge in [-0.3, -0.25) is 0 Å². The molecule has 0 radical (unpaired) electrons. The predicted molar refractivity (Wildman–Crippen MR) is 64.2 cm³/mol. The van der Waals surface area contributed by atoms with Gasteiger partial charge in [0.2, 0.25) is 5.89 Å². The second-order valence-electron chi connectivity index (χ2n) is 4.21. The molecule has 0 amide bonds. The zero-order valence-electron chi connectivity index (χ0n) is 9.19. The first-order chi connectivity index (χ1) is 8.31. The van der Waals surface area contributed by atoms with Crippen LogP contribution in [-0.4, -0.2) is 23.2 Å². The van der Waals surface area contributed by atoms with Crippen LogP contribution < -0.4 is 5.32 Å². The van der Waals surface area contributed by atoms with E-state index in [0.717, 1.165) is 29.6 Å². The van der Waals surface area contributed by atoms with Crippen molar-refractivity contribution in [2.45, 2.75) is 12.3 Å². The summed E-state index contributed by atoms with van der Waals surface area (Å²) in [6.07, 6.45) is 0.657. The van der Waals surface area contributed by atoms with Gasteiger partial charge in [0.15, 0.2) is 5.82 Å². The molecule has 2 aromatic rings. The highest BCUT2D eigenvalue weighted by atomic mass is 35.5. The van der Waals surface area contributed by atoms with Gasteiger partial charge < -0.3 is 9.84 Å². The molecular weight excluding hydrogens is 238 g/mol. The van der Waals surface area contributed by atoms with Crippen LogP contribution >= 0.6 is 11.6 Å². The van der Waals surface area contributed by atoms with Crippen LogP contribution in [-0.2, 0) is 6.42 Å². The van der Waals surface area contributed by atoms with Crippen molar-refractivity contribution < 1.29 is 4.52 Å². The van der Waals surface area contributed by atoms with Gasteiger partial charge >= 0.3 is 0 Å². The Hall–Kier alpha value is -1.39. The molecule has 0 aliphatic carbocycles. The summed E-state index contributed by atoms with van der Waals surface area (Å²) < 4.78 is 5.24. The number of nitrogens with one attached hydrogen (secondary N) is 1. The first-order valence-corrected chi connectivity index (χ1v) is 5.97. The smallest absolute Gasteiger partial charge is 0.232 e. The minimum atomic E-state index is 0.385. The average molecular weight is 250 g/mol. The highest BCUT2D eigenvalue weighted by molar-refractivity contribution is 6.30. The Morgan fingerprint density at radius 3 is 3.00 bits per heavy atom. The van der Waals surface area contributed by atoms with Crippen molar-refractivity contribution in [2.75, 3.05) is 13.1 Å². The van der Waals surface area contributed by atoms with E-state index < -0.39 is 0 Å². The monoisotopic (exact) mass is 249 g/mol. The summed E-state index contributed by atoms with van der Waals surface area (Å²) in [5, 5.41) is 7.90. The molecule has 0 bridgehead atoms. The van der Waals surface area contributed by atoms with Crippen molar-refractivity contribution >= 4 is 11.6 Å². The van der Waals surface area contributed by atoms with E-state index in [2.05, 4.69) is 15.5 Å². The minimum absolute atomic E-state index is 0.385. The quantitative estimate of drug-likeness (QED) is 0.904. The van der Waals surface area contributed by atoms with Gasteiger partial charge in [-0.25, -0.2) is 0 Å². The van der Waals surface area contributed by atoms with Crippen LogP contribution in [0.15, 0.2) is 28.8 Å². The Morgan fingerprint density at radius 2 is 2.29 bits per heavy atom. The number of halogens is 1. The summed E-state index contributed by atoms with van der Waals surface area (Å²) in [5.41, 5.74) is 1.09. The highest BCUT2D eigenvalue weighted by Gasteiger charge is 2.24. The van der Waals surface area contributed by atoms with E-state index in [-0.39, 0.29) is 0 Å². The van der Waals surface area contributed by atoms with Crippen molar-refractivity contribution in [1.82, 2.24) is 15.5 Å². The molecule has 1 N–H and O–H groups in total. The summed E-state index contributed by atoms with van der Waals surface area (Å²) in [7, 11) is 0. The lowest BCUT2D eigenvalue weighted by Crippen LogP contribution is -2.40. The molecule has 0 saturated carbocycles. The van der Waals surface area contributed by atoms with Gasteiger partial charge in [0, 0.05) is 24.5 Å². The zero-order valence-corrected chi connectivity index (χ0v) is 9.94. The Morgan fingerprint density at radius 1 is 1.41 bits per heavy atom. The Kier molecular flexibility index (Phi) is 2.82. The van der Waals surface area contributed by atoms with E-state index >= 15 is 0 Å². The Bertz CT molecular complexity index is 522. The molecule has 1 aliphatic rings. The maximum absolute atomic E-state index is 5.93. The standard InChI is InChI=1S/C12H12ClN3O/c13-10-3-1-2-8(4-10)5-11-15-12(17-16-11)9-6-14-7-9/h1-4,9,14H,5-7H2. The van der Waals surface area contributed by atoms with Crippen LogP contribution in [0.5, 0.6) is 0 Å². The first kappa shape index (κ1) is 10.7. The average Bonchev–Trinajstić information content (AvgIpc) is 2.63. The molecule has 88 valence electrons. The number of rotatable bonds is 3. The van der Waals surface area contributed by atoms with Gasteiger partial charge in [0.05, 0.1) is 5.92 Å². The lowest BCUT2D eigenvalue weighted by molar-refractivity contribution is 0.306. The molecule has 0 unspecified atom stereocenters. The van der Waals surface area contributed by atoms with E-state index in [4.69, 9.17) is 16.1 Å². The number of hydrogen-bond donors (Lipinski definition) is 1. The number of aromatic nitrogens is 2. The van der Waals surface area contributed by atoms with Crippen LogP contribution in [0.3, 0.4) is 0 Å². The highest BCUT2D eigenvalue weighted by Crippen LogP contribution is 2.19. The maximum Gasteiger partial charge on any atom is 0.232 e. The van der Waals surface area contributed by atoms with Crippen LogP contribution in [0.2, 0.25) is 5.02 Å². The largest absolute Gasteiger partial charge is 0.339 e. The fraction of sp³-hybridized carbons (Fsp3) is 0.333. The summed E-state index contributed by atoms with van der Waals surface area (Å²) in [4.78, 5) is 4.40. The normalized spacial score (nSPS) is 15.8. The summed E-state index contributed by atoms with van der Waals surface area (Å²) in [5.74, 6) is 1.84. The van der Waals surface area contributed by atoms with Crippen molar-refractivity contribution in [1.29, 1.82) is 0 Å². The van der Waals surface area contributed by atoms with Crippen molar-refractivity contribution in [2.24, 2.45) is 0 Å². The van der Waals surface area contributed by atoms with Crippen molar-refractivity contribution in [3.63, 3.8) is 0 Å². The fourth-order valence-corrected chi connectivity index (χ4v) is 2.01. The predicted octanol–water partition coefficient (Wildman–Crippen LogP) is 2.00. The second-order valence-corrected chi connectivity index (χ2v) is 4.65. The lowest BCUT2D eigenvalue weighted by atomic mass is 10.0. The van der Waals surface area contributed by atoms with Crippen LogP contribution in [0.1, 0.15) is 23.2 Å². The summed E-state index contributed by atoms with van der Waals surface area (Å²) in [6, 6.07) is 7.70. The molecule has 1 fully saturated rings. The number of hydrogen-bond acceptors (Lipinski definition) is 4. The number of nitrogens with zero attached hydrogens (tertiary/aromatic N) is 2. The molecule has 17 heavy (non-hydrogen) atoms. The van der Waals surface area contributed by atoms with E-state index in [1.54, 1.807) is 0 Å². The molecule has 0 spiro atoms. The van der Waals surface area contributed by atoms with Gasteiger partial charge in [-0.2, -0.15) is 4.98 Å². The Labute approximate surface area is 104 Å². The van der Waals surface area contributed by atoms with Crippen LogP contribution in [0.25, 0.3) is 0 Å². The molecule has 0 atom stereocenters. The van der Waals surface area contributed by atoms with E-state index in [1.165, 1.54) is 0 Å². The van der Waals surface area contributed by atoms with Crippen molar-refractivity contribution in [3.8, 4) is 0 Å². The lowest BCUT2D eigenvalue weighted by Gasteiger charge is -2.22. The summed E-state index contributed by atoms with van der Waals surface area (Å²) in [6.45, 7) is 1.86. The molecule has 2 heterocycles. The fourth-order valence-electron chi connectivity index (χ4n) is 1.80. The number of benzene rings is 1. The first-order valence-electron chi connectivity index (χ1n) is 5.59. The molecule has 1 aromatic heterocycles. The van der Waals surface area contributed by atoms with Crippen molar-refractivity contribution in [3.05, 3.63) is 46.6 Å².